The fourth-order valence-electron chi connectivity index (χ4n) is 2.62. The van der Waals surface area contributed by atoms with Gasteiger partial charge in [-0.1, -0.05) is 46.5 Å². The number of aromatic nitrogens is 1. The quantitative estimate of drug-likeness (QED) is 0.661. The van der Waals surface area contributed by atoms with Crippen molar-refractivity contribution >= 4 is 0 Å². The van der Waals surface area contributed by atoms with Gasteiger partial charge in [-0.2, -0.15) is 0 Å². The largest absolute Gasteiger partial charge is 0.310 e. The molecule has 0 spiro atoms. The average molecular weight is 280 g/mol. The molecular weight excluding hydrogens is 251 g/mol. The van der Waals surface area contributed by atoms with Crippen LogP contribution in [0.3, 0.4) is 0 Å². The number of halogens is 1. The van der Waals surface area contributed by atoms with Gasteiger partial charge in [-0.25, -0.2) is 4.39 Å². The zero-order chi connectivity index (χ0) is 14.8. The van der Waals surface area contributed by atoms with E-state index in [1.54, 1.807) is 6.20 Å². The lowest BCUT2D eigenvalue weighted by Crippen LogP contribution is -2.25. The fourth-order valence-corrected chi connectivity index (χ4v) is 2.62. The van der Waals surface area contributed by atoms with E-state index in [0.29, 0.717) is 5.92 Å². The van der Waals surface area contributed by atoms with Gasteiger partial charge < -0.3 is 5.32 Å². The normalized spacial score (nSPS) is 14.2. The van der Waals surface area contributed by atoms with Crippen molar-refractivity contribution < 1.29 is 4.39 Å². The Bertz CT molecular complexity index is 368. The summed E-state index contributed by atoms with van der Waals surface area (Å²) in [6.07, 6.45) is 9.98. The van der Waals surface area contributed by atoms with Crippen LogP contribution in [0, 0.1) is 11.7 Å². The van der Waals surface area contributed by atoms with Gasteiger partial charge in [-0.05, 0) is 31.4 Å². The lowest BCUT2D eigenvalue weighted by atomic mass is 9.89. The molecule has 0 bridgehead atoms. The van der Waals surface area contributed by atoms with Crippen LogP contribution in [-0.2, 0) is 0 Å². The van der Waals surface area contributed by atoms with E-state index in [2.05, 4.69) is 31.1 Å². The Kier molecular flexibility index (Phi) is 8.43. The van der Waals surface area contributed by atoms with Crippen LogP contribution >= 0.6 is 0 Å². The van der Waals surface area contributed by atoms with Crippen molar-refractivity contribution in [2.75, 3.05) is 6.54 Å². The summed E-state index contributed by atoms with van der Waals surface area (Å²) in [5, 5.41) is 3.50. The molecule has 1 N–H and O–H groups in total. The summed E-state index contributed by atoms with van der Waals surface area (Å²) in [7, 11) is 0. The Morgan fingerprint density at radius 3 is 2.65 bits per heavy atom. The smallest absolute Gasteiger partial charge is 0.146 e. The van der Waals surface area contributed by atoms with Gasteiger partial charge >= 0.3 is 0 Å². The van der Waals surface area contributed by atoms with Gasteiger partial charge in [0.15, 0.2) is 0 Å². The van der Waals surface area contributed by atoms with Crippen LogP contribution in [0.1, 0.15) is 70.9 Å². The van der Waals surface area contributed by atoms with E-state index in [9.17, 15) is 4.39 Å². The average Bonchev–Trinajstić information content (AvgIpc) is 2.47. The molecule has 114 valence electrons. The molecule has 0 radical (unpaired) electrons. The van der Waals surface area contributed by atoms with E-state index in [1.165, 1.54) is 25.5 Å². The van der Waals surface area contributed by atoms with Crippen molar-refractivity contribution in [3.8, 4) is 0 Å². The number of unbranched alkanes of at least 4 members (excludes halogenated alkanes) is 1. The summed E-state index contributed by atoms with van der Waals surface area (Å²) in [4.78, 5) is 3.85. The van der Waals surface area contributed by atoms with Crippen molar-refractivity contribution in [1.29, 1.82) is 0 Å². The molecule has 1 aromatic rings. The van der Waals surface area contributed by atoms with E-state index in [4.69, 9.17) is 0 Å². The molecule has 0 aliphatic carbocycles. The molecule has 1 rings (SSSR count). The molecule has 0 fully saturated rings. The molecule has 0 aliphatic heterocycles. The SMILES string of the molecule is CCCCC(CC)CC(NCCC)c1ccncc1F. The van der Waals surface area contributed by atoms with Gasteiger partial charge in [0.1, 0.15) is 5.82 Å². The highest BCUT2D eigenvalue weighted by atomic mass is 19.1. The Morgan fingerprint density at radius 2 is 2.05 bits per heavy atom. The first-order valence-corrected chi connectivity index (χ1v) is 8.05. The van der Waals surface area contributed by atoms with Gasteiger partial charge in [-0.3, -0.25) is 4.98 Å². The first-order valence-electron chi connectivity index (χ1n) is 8.05. The van der Waals surface area contributed by atoms with Crippen molar-refractivity contribution in [3.05, 3.63) is 29.8 Å². The predicted molar refractivity (Wildman–Crippen MR) is 83.2 cm³/mol. The molecule has 3 heteroatoms. The van der Waals surface area contributed by atoms with Crippen LogP contribution in [-0.4, -0.2) is 11.5 Å². The zero-order valence-electron chi connectivity index (χ0n) is 13.2. The summed E-state index contributed by atoms with van der Waals surface area (Å²) < 4.78 is 14.0. The Hall–Kier alpha value is -0.960. The molecule has 2 atom stereocenters. The minimum absolute atomic E-state index is 0.111. The molecule has 0 saturated carbocycles. The maximum atomic E-state index is 14.0. The zero-order valence-corrected chi connectivity index (χ0v) is 13.2. The van der Waals surface area contributed by atoms with Crippen LogP contribution in [0.2, 0.25) is 0 Å². The Morgan fingerprint density at radius 1 is 1.25 bits per heavy atom. The third-order valence-electron chi connectivity index (χ3n) is 3.93. The minimum atomic E-state index is -0.188. The van der Waals surface area contributed by atoms with E-state index >= 15 is 0 Å². The topological polar surface area (TPSA) is 24.9 Å². The molecular formula is C17H29FN2. The summed E-state index contributed by atoms with van der Waals surface area (Å²) >= 11 is 0. The second kappa shape index (κ2) is 9.87. The highest BCUT2D eigenvalue weighted by Crippen LogP contribution is 2.27. The number of nitrogens with zero attached hydrogens (tertiary/aromatic N) is 1. The van der Waals surface area contributed by atoms with Crippen LogP contribution in [0.15, 0.2) is 18.5 Å². The first kappa shape index (κ1) is 17.1. The summed E-state index contributed by atoms with van der Waals surface area (Å²) in [5.74, 6) is 0.475. The Labute approximate surface area is 123 Å². The van der Waals surface area contributed by atoms with Crippen molar-refractivity contribution in [2.45, 2.75) is 65.3 Å². The predicted octanol–water partition coefficient (Wildman–Crippen LogP) is 4.87. The Balaban J connectivity index is 2.75. The third-order valence-corrected chi connectivity index (χ3v) is 3.93. The van der Waals surface area contributed by atoms with E-state index in [-0.39, 0.29) is 11.9 Å². The molecule has 1 aromatic heterocycles. The maximum absolute atomic E-state index is 14.0. The van der Waals surface area contributed by atoms with Gasteiger partial charge in [0, 0.05) is 17.8 Å². The molecule has 20 heavy (non-hydrogen) atoms. The van der Waals surface area contributed by atoms with Crippen molar-refractivity contribution in [2.24, 2.45) is 5.92 Å². The van der Waals surface area contributed by atoms with E-state index < -0.39 is 0 Å². The van der Waals surface area contributed by atoms with Crippen LogP contribution in [0.25, 0.3) is 0 Å². The van der Waals surface area contributed by atoms with Crippen LogP contribution < -0.4 is 5.32 Å². The molecule has 0 amide bonds. The number of nitrogens with one attached hydrogen (secondary N) is 1. The second-order valence-corrected chi connectivity index (χ2v) is 5.56. The molecule has 1 heterocycles. The molecule has 0 aromatic carbocycles. The lowest BCUT2D eigenvalue weighted by Gasteiger charge is -2.24. The van der Waals surface area contributed by atoms with Gasteiger partial charge in [0.2, 0.25) is 0 Å². The highest BCUT2D eigenvalue weighted by molar-refractivity contribution is 5.17. The number of hydrogen-bond acceptors (Lipinski definition) is 2. The van der Waals surface area contributed by atoms with Gasteiger partial charge in [0.25, 0.3) is 0 Å². The standard InChI is InChI=1S/C17H29FN2/c1-4-7-8-14(6-3)12-17(20-10-5-2)15-9-11-19-13-16(15)18/h9,11,13-14,17,20H,4-8,10,12H2,1-3H3. The van der Waals surface area contributed by atoms with Crippen LogP contribution in [0.4, 0.5) is 4.39 Å². The monoisotopic (exact) mass is 280 g/mol. The highest BCUT2D eigenvalue weighted by Gasteiger charge is 2.19. The first-order chi connectivity index (χ1) is 9.72. The second-order valence-electron chi connectivity index (χ2n) is 5.56. The van der Waals surface area contributed by atoms with Crippen molar-refractivity contribution in [3.63, 3.8) is 0 Å². The number of hydrogen-bond donors (Lipinski definition) is 1. The number of pyridine rings is 1. The van der Waals surface area contributed by atoms with E-state index in [1.807, 2.05) is 6.07 Å². The van der Waals surface area contributed by atoms with Crippen molar-refractivity contribution in [1.82, 2.24) is 10.3 Å². The van der Waals surface area contributed by atoms with E-state index in [0.717, 1.165) is 31.4 Å². The molecule has 2 nitrogen and oxygen atoms in total. The summed E-state index contributed by atoms with van der Waals surface area (Å²) in [6, 6.07) is 1.93. The molecule has 2 unspecified atom stereocenters. The van der Waals surface area contributed by atoms with Gasteiger partial charge in [-0.15, -0.1) is 0 Å². The minimum Gasteiger partial charge on any atom is -0.310 e. The summed E-state index contributed by atoms with van der Waals surface area (Å²) in [5.41, 5.74) is 0.767. The fraction of sp³-hybridized carbons (Fsp3) is 0.706. The molecule has 0 saturated heterocycles. The molecule has 0 aliphatic rings. The maximum Gasteiger partial charge on any atom is 0.146 e. The van der Waals surface area contributed by atoms with Gasteiger partial charge in [0.05, 0.1) is 6.20 Å². The summed E-state index contributed by atoms with van der Waals surface area (Å²) in [6.45, 7) is 7.53. The third kappa shape index (κ3) is 5.58. The lowest BCUT2D eigenvalue weighted by molar-refractivity contribution is 0.347. The van der Waals surface area contributed by atoms with Crippen LogP contribution in [0.5, 0.6) is 0 Å². The number of rotatable bonds is 10.